The van der Waals surface area contributed by atoms with Gasteiger partial charge < -0.3 is 0 Å². The molecule has 30 heavy (non-hydrogen) atoms. The summed E-state index contributed by atoms with van der Waals surface area (Å²) < 4.78 is 15.8. The molecule has 146 valence electrons. The SMILES string of the molecule is O=c1c2ccccc2nc(SCc2ccc(F)c3ccccc23)n1-c1ccccc1. The predicted molar refractivity (Wildman–Crippen MR) is 121 cm³/mol. The molecule has 3 nitrogen and oxygen atoms in total. The van der Waals surface area contributed by atoms with Gasteiger partial charge >= 0.3 is 0 Å². The Balaban J connectivity index is 1.63. The lowest BCUT2D eigenvalue weighted by atomic mass is 10.1. The van der Waals surface area contributed by atoms with Crippen molar-refractivity contribution in [2.24, 2.45) is 0 Å². The zero-order valence-corrected chi connectivity index (χ0v) is 16.8. The van der Waals surface area contributed by atoms with Crippen molar-refractivity contribution in [3.05, 3.63) is 113 Å². The maximum atomic E-state index is 14.2. The number of aromatic nitrogens is 2. The molecule has 0 aliphatic rings. The molecule has 5 heteroatoms. The molecule has 0 radical (unpaired) electrons. The van der Waals surface area contributed by atoms with Gasteiger partial charge in [0, 0.05) is 11.1 Å². The number of nitrogens with zero attached hydrogens (tertiary/aromatic N) is 2. The monoisotopic (exact) mass is 412 g/mol. The average Bonchev–Trinajstić information content (AvgIpc) is 2.79. The second-order valence-electron chi connectivity index (χ2n) is 6.93. The normalized spacial score (nSPS) is 11.2. The molecule has 0 aliphatic carbocycles. The highest BCUT2D eigenvalue weighted by Gasteiger charge is 2.14. The fourth-order valence-corrected chi connectivity index (χ4v) is 4.62. The molecule has 0 aliphatic heterocycles. The highest BCUT2D eigenvalue weighted by molar-refractivity contribution is 7.98. The van der Waals surface area contributed by atoms with Crippen LogP contribution in [0.5, 0.6) is 0 Å². The third kappa shape index (κ3) is 3.27. The van der Waals surface area contributed by atoms with Gasteiger partial charge in [-0.25, -0.2) is 9.37 Å². The smallest absolute Gasteiger partial charge is 0.266 e. The van der Waals surface area contributed by atoms with Crippen molar-refractivity contribution in [1.29, 1.82) is 0 Å². The highest BCUT2D eigenvalue weighted by Crippen LogP contribution is 2.29. The topological polar surface area (TPSA) is 34.9 Å². The molecule has 1 heterocycles. The molecule has 4 aromatic carbocycles. The second-order valence-corrected chi connectivity index (χ2v) is 7.87. The van der Waals surface area contributed by atoms with E-state index in [1.807, 2.05) is 66.7 Å². The minimum absolute atomic E-state index is 0.0988. The Morgan fingerprint density at radius 1 is 0.767 bits per heavy atom. The minimum atomic E-state index is -0.232. The summed E-state index contributed by atoms with van der Waals surface area (Å²) in [6.07, 6.45) is 0. The third-order valence-corrected chi connectivity index (χ3v) is 6.06. The summed E-state index contributed by atoms with van der Waals surface area (Å²) >= 11 is 1.47. The summed E-state index contributed by atoms with van der Waals surface area (Å²) in [5, 5.41) is 2.66. The van der Waals surface area contributed by atoms with Gasteiger partial charge in [0.2, 0.25) is 0 Å². The fourth-order valence-electron chi connectivity index (χ4n) is 3.61. The van der Waals surface area contributed by atoms with Crippen LogP contribution in [0, 0.1) is 5.82 Å². The highest BCUT2D eigenvalue weighted by atomic mass is 32.2. The molecule has 5 aromatic rings. The fraction of sp³-hybridized carbons (Fsp3) is 0.0400. The van der Waals surface area contributed by atoms with Crippen LogP contribution >= 0.6 is 11.8 Å². The summed E-state index contributed by atoms with van der Waals surface area (Å²) in [7, 11) is 0. The molecule has 0 fully saturated rings. The van der Waals surface area contributed by atoms with Gasteiger partial charge in [0.15, 0.2) is 5.16 Å². The average molecular weight is 412 g/mol. The maximum absolute atomic E-state index is 14.2. The van der Waals surface area contributed by atoms with Gasteiger partial charge in [-0.05, 0) is 41.3 Å². The van der Waals surface area contributed by atoms with Crippen molar-refractivity contribution in [2.75, 3.05) is 0 Å². The van der Waals surface area contributed by atoms with E-state index in [0.29, 0.717) is 27.2 Å². The molecule has 5 rings (SSSR count). The quantitative estimate of drug-likeness (QED) is 0.269. The van der Waals surface area contributed by atoms with Gasteiger partial charge in [0.1, 0.15) is 5.82 Å². The summed E-state index contributed by atoms with van der Waals surface area (Å²) in [4.78, 5) is 18.1. The summed E-state index contributed by atoms with van der Waals surface area (Å²) in [6.45, 7) is 0. The van der Waals surface area contributed by atoms with Crippen molar-refractivity contribution < 1.29 is 4.39 Å². The predicted octanol–water partition coefficient (Wildman–Crippen LogP) is 5.97. The number of para-hydroxylation sites is 2. The van der Waals surface area contributed by atoms with Crippen LogP contribution in [0.4, 0.5) is 4.39 Å². The van der Waals surface area contributed by atoms with E-state index in [9.17, 15) is 9.18 Å². The first kappa shape index (κ1) is 18.6. The van der Waals surface area contributed by atoms with Gasteiger partial charge in [0.05, 0.1) is 16.6 Å². The minimum Gasteiger partial charge on any atom is -0.268 e. The lowest BCUT2D eigenvalue weighted by molar-refractivity contribution is 0.639. The Bertz CT molecular complexity index is 1430. The summed E-state index contributed by atoms with van der Waals surface area (Å²) in [5.74, 6) is 0.336. The first-order valence-electron chi connectivity index (χ1n) is 9.58. The Morgan fingerprint density at radius 3 is 2.23 bits per heavy atom. The Kier molecular flexibility index (Phi) is 4.81. The van der Waals surface area contributed by atoms with Crippen LogP contribution in [0.1, 0.15) is 5.56 Å². The van der Waals surface area contributed by atoms with E-state index in [2.05, 4.69) is 0 Å². The largest absolute Gasteiger partial charge is 0.268 e. The van der Waals surface area contributed by atoms with Gasteiger partial charge in [-0.2, -0.15) is 0 Å². The summed E-state index contributed by atoms with van der Waals surface area (Å²) in [5.41, 5.74) is 2.34. The molecule has 0 unspecified atom stereocenters. The lowest BCUT2D eigenvalue weighted by Gasteiger charge is -2.14. The van der Waals surface area contributed by atoms with Crippen LogP contribution in [0.25, 0.3) is 27.4 Å². The lowest BCUT2D eigenvalue weighted by Crippen LogP contribution is -2.21. The molecule has 0 atom stereocenters. The van der Waals surface area contributed by atoms with Crippen molar-refractivity contribution in [1.82, 2.24) is 9.55 Å². The van der Waals surface area contributed by atoms with Gasteiger partial charge in [-0.1, -0.05) is 72.4 Å². The van der Waals surface area contributed by atoms with Crippen LogP contribution in [-0.2, 0) is 5.75 Å². The zero-order chi connectivity index (χ0) is 20.5. The van der Waals surface area contributed by atoms with E-state index in [1.54, 1.807) is 22.8 Å². The van der Waals surface area contributed by atoms with E-state index < -0.39 is 0 Å². The van der Waals surface area contributed by atoms with Gasteiger partial charge in [-0.15, -0.1) is 0 Å². The Hall–Kier alpha value is -3.44. The third-order valence-electron chi connectivity index (χ3n) is 5.08. The first-order valence-corrected chi connectivity index (χ1v) is 10.6. The number of hydrogen-bond donors (Lipinski definition) is 0. The number of benzene rings is 4. The van der Waals surface area contributed by atoms with Gasteiger partial charge in [-0.3, -0.25) is 9.36 Å². The molecule has 0 saturated heterocycles. The second kappa shape index (κ2) is 7.76. The van der Waals surface area contributed by atoms with Crippen LogP contribution < -0.4 is 5.56 Å². The molecule has 0 spiro atoms. The van der Waals surface area contributed by atoms with E-state index >= 15 is 0 Å². The number of thioether (sulfide) groups is 1. The molecular weight excluding hydrogens is 395 g/mol. The van der Waals surface area contributed by atoms with Crippen LogP contribution in [0.3, 0.4) is 0 Å². The van der Waals surface area contributed by atoms with Crippen molar-refractivity contribution >= 4 is 33.4 Å². The maximum Gasteiger partial charge on any atom is 0.266 e. The van der Waals surface area contributed by atoms with Crippen LogP contribution in [-0.4, -0.2) is 9.55 Å². The van der Waals surface area contributed by atoms with E-state index in [4.69, 9.17) is 4.98 Å². The number of rotatable bonds is 4. The number of hydrogen-bond acceptors (Lipinski definition) is 3. The first-order chi connectivity index (χ1) is 14.7. The number of fused-ring (bicyclic) bond motifs is 2. The van der Waals surface area contributed by atoms with Crippen molar-refractivity contribution in [3.63, 3.8) is 0 Å². The molecule has 1 aromatic heterocycles. The van der Waals surface area contributed by atoms with E-state index in [-0.39, 0.29) is 11.4 Å². The number of halogens is 1. The van der Waals surface area contributed by atoms with Crippen molar-refractivity contribution in [3.8, 4) is 5.69 Å². The van der Waals surface area contributed by atoms with Crippen molar-refractivity contribution in [2.45, 2.75) is 10.9 Å². The molecule has 0 amide bonds. The van der Waals surface area contributed by atoms with Crippen LogP contribution in [0.15, 0.2) is 101 Å². The molecule has 0 bridgehead atoms. The Labute approximate surface area is 176 Å². The summed E-state index contributed by atoms with van der Waals surface area (Å²) in [6, 6.07) is 27.6. The molecule has 0 saturated carbocycles. The zero-order valence-electron chi connectivity index (χ0n) is 16.0. The standard InChI is InChI=1S/C25H17FN2OS/c26-22-15-14-17(19-10-4-5-11-20(19)22)16-30-25-27-23-13-7-6-12-21(23)24(29)28(25)18-8-2-1-3-9-18/h1-15H,16H2. The van der Waals surface area contributed by atoms with Crippen LogP contribution in [0.2, 0.25) is 0 Å². The van der Waals surface area contributed by atoms with E-state index in [0.717, 1.165) is 16.6 Å². The van der Waals surface area contributed by atoms with E-state index in [1.165, 1.54) is 17.8 Å². The Morgan fingerprint density at radius 2 is 1.43 bits per heavy atom. The molecule has 0 N–H and O–H groups in total. The molecular formula is C25H17FN2OS. The van der Waals surface area contributed by atoms with Gasteiger partial charge in [0.25, 0.3) is 5.56 Å².